The molecular formula is C18H22ClN3. The summed E-state index contributed by atoms with van der Waals surface area (Å²) in [6, 6.07) is 6.22. The monoisotopic (exact) mass is 315 g/mol. The van der Waals surface area contributed by atoms with Gasteiger partial charge in [0.05, 0.1) is 11.4 Å². The first-order chi connectivity index (χ1) is 10.7. The van der Waals surface area contributed by atoms with Gasteiger partial charge in [0.25, 0.3) is 0 Å². The minimum Gasteiger partial charge on any atom is -0.370 e. The molecule has 4 rings (SSSR count). The third-order valence-electron chi connectivity index (χ3n) is 5.05. The van der Waals surface area contributed by atoms with Gasteiger partial charge >= 0.3 is 0 Å². The highest BCUT2D eigenvalue weighted by Gasteiger charge is 2.29. The molecule has 0 atom stereocenters. The summed E-state index contributed by atoms with van der Waals surface area (Å²) in [5.41, 5.74) is 4.94. The second-order valence-corrected chi connectivity index (χ2v) is 6.98. The normalized spacial score (nSPS) is 18.3. The van der Waals surface area contributed by atoms with E-state index in [2.05, 4.69) is 22.1 Å². The maximum atomic E-state index is 6.33. The molecule has 22 heavy (non-hydrogen) atoms. The number of hydrogen-bond acceptors (Lipinski definition) is 2. The largest absolute Gasteiger partial charge is 0.370 e. The molecule has 2 aromatic rings. The highest BCUT2D eigenvalue weighted by Crippen LogP contribution is 2.41. The number of hydrogen-bond donors (Lipinski definition) is 1. The zero-order chi connectivity index (χ0) is 15.1. The molecule has 0 saturated heterocycles. The molecule has 1 aliphatic carbocycles. The van der Waals surface area contributed by atoms with Crippen molar-refractivity contribution in [2.45, 2.75) is 51.4 Å². The number of aryl methyl sites for hydroxylation is 1. The summed E-state index contributed by atoms with van der Waals surface area (Å²) in [6.07, 6.45) is 7.55. The lowest BCUT2D eigenvalue weighted by Crippen LogP contribution is -2.11. The van der Waals surface area contributed by atoms with Crippen LogP contribution in [0.5, 0.6) is 0 Å². The average molecular weight is 316 g/mol. The van der Waals surface area contributed by atoms with E-state index in [-0.39, 0.29) is 0 Å². The Kier molecular flexibility index (Phi) is 3.61. The van der Waals surface area contributed by atoms with Gasteiger partial charge in [-0.2, -0.15) is 5.10 Å². The van der Waals surface area contributed by atoms with E-state index in [1.54, 1.807) is 0 Å². The van der Waals surface area contributed by atoms with E-state index in [1.165, 1.54) is 49.2 Å². The SMILES string of the molecule is Cc1ccc(-n2nc(C3CCC3)c3c2NCCCC3)cc1Cl. The molecule has 1 fully saturated rings. The first-order valence-corrected chi connectivity index (χ1v) is 8.74. The first kappa shape index (κ1) is 14.1. The zero-order valence-corrected chi connectivity index (χ0v) is 13.8. The van der Waals surface area contributed by atoms with Gasteiger partial charge in [-0.25, -0.2) is 4.68 Å². The number of benzene rings is 1. The van der Waals surface area contributed by atoms with E-state index in [0.29, 0.717) is 5.92 Å². The number of aromatic nitrogens is 2. The zero-order valence-electron chi connectivity index (χ0n) is 13.0. The molecule has 0 radical (unpaired) electrons. The molecule has 116 valence electrons. The summed E-state index contributed by atoms with van der Waals surface area (Å²) < 4.78 is 2.08. The van der Waals surface area contributed by atoms with Gasteiger partial charge in [-0.1, -0.05) is 24.1 Å². The predicted octanol–water partition coefficient (Wildman–Crippen LogP) is 4.85. The van der Waals surface area contributed by atoms with Crippen molar-refractivity contribution < 1.29 is 0 Å². The van der Waals surface area contributed by atoms with Crippen LogP contribution in [-0.4, -0.2) is 16.3 Å². The van der Waals surface area contributed by atoms with Crippen molar-refractivity contribution in [1.29, 1.82) is 0 Å². The van der Waals surface area contributed by atoms with E-state index >= 15 is 0 Å². The number of nitrogens with zero attached hydrogens (tertiary/aromatic N) is 2. The van der Waals surface area contributed by atoms with E-state index < -0.39 is 0 Å². The minimum atomic E-state index is 0.663. The van der Waals surface area contributed by atoms with E-state index in [9.17, 15) is 0 Å². The van der Waals surface area contributed by atoms with Crippen LogP contribution in [-0.2, 0) is 6.42 Å². The Morgan fingerprint density at radius 3 is 2.82 bits per heavy atom. The van der Waals surface area contributed by atoms with Gasteiger partial charge < -0.3 is 5.32 Å². The number of fused-ring (bicyclic) bond motifs is 1. The summed E-state index contributed by atoms with van der Waals surface area (Å²) in [6.45, 7) is 3.07. The fourth-order valence-electron chi connectivity index (χ4n) is 3.44. The Labute approximate surface area is 136 Å². The van der Waals surface area contributed by atoms with Gasteiger partial charge in [0.1, 0.15) is 5.82 Å². The average Bonchev–Trinajstić information content (AvgIpc) is 2.66. The molecular weight excluding hydrogens is 294 g/mol. The molecule has 0 spiro atoms. The summed E-state index contributed by atoms with van der Waals surface area (Å²) in [5.74, 6) is 1.86. The van der Waals surface area contributed by atoms with Crippen LogP contribution >= 0.6 is 11.6 Å². The fraction of sp³-hybridized carbons (Fsp3) is 0.500. The topological polar surface area (TPSA) is 29.9 Å². The van der Waals surface area contributed by atoms with Gasteiger partial charge in [-0.3, -0.25) is 0 Å². The maximum Gasteiger partial charge on any atom is 0.133 e. The number of rotatable bonds is 2. The minimum absolute atomic E-state index is 0.663. The van der Waals surface area contributed by atoms with Gasteiger partial charge in [-0.15, -0.1) is 0 Å². The van der Waals surface area contributed by atoms with E-state index in [1.807, 2.05) is 13.0 Å². The van der Waals surface area contributed by atoms with E-state index in [4.69, 9.17) is 16.7 Å². The van der Waals surface area contributed by atoms with Crippen molar-refractivity contribution in [2.24, 2.45) is 0 Å². The van der Waals surface area contributed by atoms with Gasteiger partial charge in [0.15, 0.2) is 0 Å². The Morgan fingerprint density at radius 1 is 1.23 bits per heavy atom. The molecule has 4 heteroatoms. The Bertz CT molecular complexity index is 701. The van der Waals surface area contributed by atoms with Crippen molar-refractivity contribution in [3.8, 4) is 5.69 Å². The molecule has 1 aromatic carbocycles. The second-order valence-electron chi connectivity index (χ2n) is 6.57. The van der Waals surface area contributed by atoms with Crippen LogP contribution in [0.25, 0.3) is 5.69 Å². The molecule has 1 aliphatic heterocycles. The molecule has 2 heterocycles. The van der Waals surface area contributed by atoms with Crippen LogP contribution in [0.3, 0.4) is 0 Å². The second kappa shape index (κ2) is 5.62. The Hall–Kier alpha value is -1.48. The molecule has 0 bridgehead atoms. The third kappa shape index (κ3) is 2.32. The van der Waals surface area contributed by atoms with Crippen LogP contribution in [0.4, 0.5) is 5.82 Å². The van der Waals surface area contributed by atoms with E-state index in [0.717, 1.165) is 29.2 Å². The van der Waals surface area contributed by atoms with Crippen LogP contribution in [0.15, 0.2) is 18.2 Å². The maximum absolute atomic E-state index is 6.33. The quantitative estimate of drug-likeness (QED) is 0.858. The summed E-state index contributed by atoms with van der Waals surface area (Å²) in [5, 5.41) is 9.41. The molecule has 1 aromatic heterocycles. The van der Waals surface area contributed by atoms with Crippen LogP contribution in [0.2, 0.25) is 5.02 Å². The van der Waals surface area contributed by atoms with Crippen LogP contribution in [0, 0.1) is 6.92 Å². The lowest BCUT2D eigenvalue weighted by atomic mass is 9.81. The van der Waals surface area contributed by atoms with Crippen molar-refractivity contribution in [1.82, 2.24) is 9.78 Å². The van der Waals surface area contributed by atoms with Crippen molar-refractivity contribution in [3.63, 3.8) is 0 Å². The van der Waals surface area contributed by atoms with Crippen molar-refractivity contribution in [3.05, 3.63) is 40.0 Å². The molecule has 0 amide bonds. The van der Waals surface area contributed by atoms with Gasteiger partial charge in [0, 0.05) is 23.0 Å². The summed E-state index contributed by atoms with van der Waals surface area (Å²) in [7, 11) is 0. The lowest BCUT2D eigenvalue weighted by molar-refractivity contribution is 0.406. The highest BCUT2D eigenvalue weighted by atomic mass is 35.5. The smallest absolute Gasteiger partial charge is 0.133 e. The number of nitrogens with one attached hydrogen (secondary N) is 1. The summed E-state index contributed by atoms with van der Waals surface area (Å²) in [4.78, 5) is 0. The van der Waals surface area contributed by atoms with Gasteiger partial charge in [-0.05, 0) is 56.7 Å². The van der Waals surface area contributed by atoms with Crippen LogP contribution in [0.1, 0.15) is 54.8 Å². The van der Waals surface area contributed by atoms with Crippen LogP contribution < -0.4 is 5.32 Å². The molecule has 0 unspecified atom stereocenters. The Morgan fingerprint density at radius 2 is 2.09 bits per heavy atom. The van der Waals surface area contributed by atoms with Gasteiger partial charge in [0.2, 0.25) is 0 Å². The fourth-order valence-corrected chi connectivity index (χ4v) is 3.61. The standard InChI is InChI=1S/C18H22ClN3/c1-12-8-9-14(11-16(12)19)22-18-15(7-2-3-10-20-18)17(21-22)13-5-4-6-13/h8-9,11,13,20H,2-7,10H2,1H3. The molecule has 1 saturated carbocycles. The molecule has 2 aliphatic rings. The summed E-state index contributed by atoms with van der Waals surface area (Å²) >= 11 is 6.33. The predicted molar refractivity (Wildman–Crippen MR) is 91.3 cm³/mol. The van der Waals surface area contributed by atoms with Crippen molar-refractivity contribution >= 4 is 17.4 Å². The number of anilines is 1. The first-order valence-electron chi connectivity index (χ1n) is 8.36. The van der Waals surface area contributed by atoms with Crippen molar-refractivity contribution in [2.75, 3.05) is 11.9 Å². The highest BCUT2D eigenvalue weighted by molar-refractivity contribution is 6.31. The molecule has 1 N–H and O–H groups in total. The number of halogens is 1. The Balaban J connectivity index is 1.84. The molecule has 3 nitrogen and oxygen atoms in total. The lowest BCUT2D eigenvalue weighted by Gasteiger charge is -2.24. The third-order valence-corrected chi connectivity index (χ3v) is 5.46.